The first kappa shape index (κ1) is 18.4. The standard InChI is InChI=1S/C18H24BrN3O3S/c19-15-11-14-5-9-22(18(23)13-3-4-13)16(14)12-17(15)26(24,25)20-6-10-21-7-1-2-8-21/h11-13,20H,1-10H2. The van der Waals surface area contributed by atoms with Crippen LogP contribution in [0.15, 0.2) is 21.5 Å². The SMILES string of the molecule is O=C(C1CC1)N1CCc2cc(Br)c(S(=O)(=O)NCCN3CCCC3)cc21. The van der Waals surface area contributed by atoms with E-state index in [2.05, 4.69) is 25.6 Å². The predicted molar refractivity (Wildman–Crippen MR) is 104 cm³/mol. The molecule has 1 saturated carbocycles. The van der Waals surface area contributed by atoms with Gasteiger partial charge in [-0.1, -0.05) is 0 Å². The van der Waals surface area contributed by atoms with Gasteiger partial charge in [0.15, 0.2) is 0 Å². The summed E-state index contributed by atoms with van der Waals surface area (Å²) in [6.07, 6.45) is 5.05. The molecule has 3 aliphatic rings. The summed E-state index contributed by atoms with van der Waals surface area (Å²) in [4.78, 5) is 16.7. The molecule has 0 unspecified atom stereocenters. The van der Waals surface area contributed by atoms with E-state index in [0.717, 1.165) is 50.1 Å². The lowest BCUT2D eigenvalue weighted by atomic mass is 10.2. The van der Waals surface area contributed by atoms with Crippen LogP contribution in [0.2, 0.25) is 0 Å². The third kappa shape index (κ3) is 3.69. The molecule has 1 aliphatic carbocycles. The Balaban J connectivity index is 1.52. The fourth-order valence-corrected chi connectivity index (χ4v) is 5.92. The molecule has 8 heteroatoms. The van der Waals surface area contributed by atoms with Crippen LogP contribution < -0.4 is 9.62 Å². The van der Waals surface area contributed by atoms with Crippen LogP contribution >= 0.6 is 15.9 Å². The zero-order valence-electron chi connectivity index (χ0n) is 14.7. The molecule has 1 aromatic rings. The van der Waals surface area contributed by atoms with Crippen molar-refractivity contribution in [3.8, 4) is 0 Å². The van der Waals surface area contributed by atoms with Crippen molar-refractivity contribution < 1.29 is 13.2 Å². The molecule has 26 heavy (non-hydrogen) atoms. The lowest BCUT2D eigenvalue weighted by Gasteiger charge is -2.19. The molecule has 0 bridgehead atoms. The van der Waals surface area contributed by atoms with Crippen LogP contribution in [0.1, 0.15) is 31.2 Å². The Hall–Kier alpha value is -0.960. The highest BCUT2D eigenvalue weighted by molar-refractivity contribution is 9.10. The van der Waals surface area contributed by atoms with Crippen molar-refractivity contribution in [3.63, 3.8) is 0 Å². The molecule has 0 atom stereocenters. The molecule has 2 fully saturated rings. The molecular weight excluding hydrogens is 418 g/mol. The number of carbonyl (C=O) groups is 1. The summed E-state index contributed by atoms with van der Waals surface area (Å²) >= 11 is 3.41. The van der Waals surface area contributed by atoms with Gasteiger partial charge < -0.3 is 9.80 Å². The van der Waals surface area contributed by atoms with Gasteiger partial charge >= 0.3 is 0 Å². The molecule has 0 spiro atoms. The molecule has 2 heterocycles. The second-order valence-corrected chi connectivity index (χ2v) is 9.96. The summed E-state index contributed by atoms with van der Waals surface area (Å²) in [5.74, 6) is 0.264. The normalized spacial score (nSPS) is 20.6. The maximum absolute atomic E-state index is 12.8. The molecule has 1 aromatic carbocycles. The molecule has 6 nitrogen and oxygen atoms in total. The Morgan fingerprint density at radius 3 is 2.62 bits per heavy atom. The van der Waals surface area contributed by atoms with Crippen LogP contribution in [0.3, 0.4) is 0 Å². The van der Waals surface area contributed by atoms with Gasteiger partial charge in [0.25, 0.3) is 0 Å². The van der Waals surface area contributed by atoms with E-state index in [1.165, 1.54) is 12.8 Å². The van der Waals surface area contributed by atoms with E-state index in [4.69, 9.17) is 0 Å². The average molecular weight is 442 g/mol. The van der Waals surface area contributed by atoms with Crippen LogP contribution in [0.5, 0.6) is 0 Å². The number of hydrogen-bond acceptors (Lipinski definition) is 4. The van der Waals surface area contributed by atoms with Gasteiger partial charge in [0.05, 0.1) is 4.90 Å². The van der Waals surface area contributed by atoms with E-state index in [0.29, 0.717) is 17.6 Å². The fraction of sp³-hybridized carbons (Fsp3) is 0.611. The smallest absolute Gasteiger partial charge is 0.241 e. The van der Waals surface area contributed by atoms with Crippen molar-refractivity contribution in [1.29, 1.82) is 0 Å². The number of nitrogens with zero attached hydrogens (tertiary/aromatic N) is 2. The Morgan fingerprint density at radius 1 is 1.19 bits per heavy atom. The second-order valence-electron chi connectivity index (χ2n) is 7.37. The first-order chi connectivity index (χ1) is 12.5. The number of benzene rings is 1. The van der Waals surface area contributed by atoms with Crippen molar-refractivity contribution in [3.05, 3.63) is 22.2 Å². The number of nitrogens with one attached hydrogen (secondary N) is 1. The zero-order valence-corrected chi connectivity index (χ0v) is 17.1. The topological polar surface area (TPSA) is 69.7 Å². The van der Waals surface area contributed by atoms with Crippen LogP contribution in [0.25, 0.3) is 0 Å². The maximum Gasteiger partial charge on any atom is 0.241 e. The van der Waals surface area contributed by atoms with Crippen molar-refractivity contribution >= 4 is 37.5 Å². The number of anilines is 1. The molecule has 1 amide bonds. The number of likely N-dealkylation sites (tertiary alicyclic amines) is 1. The van der Waals surface area contributed by atoms with E-state index in [9.17, 15) is 13.2 Å². The van der Waals surface area contributed by atoms with E-state index in [-0.39, 0.29) is 16.7 Å². The fourth-order valence-electron chi connectivity index (χ4n) is 3.80. The number of rotatable bonds is 6. The highest BCUT2D eigenvalue weighted by atomic mass is 79.9. The zero-order chi connectivity index (χ0) is 18.3. The van der Waals surface area contributed by atoms with Gasteiger partial charge in [0.2, 0.25) is 15.9 Å². The lowest BCUT2D eigenvalue weighted by molar-refractivity contribution is -0.119. The van der Waals surface area contributed by atoms with Crippen molar-refractivity contribution in [2.24, 2.45) is 5.92 Å². The molecule has 0 aromatic heterocycles. The third-order valence-electron chi connectivity index (χ3n) is 5.43. The van der Waals surface area contributed by atoms with Crippen LogP contribution in [0, 0.1) is 5.92 Å². The molecule has 142 valence electrons. The highest BCUT2D eigenvalue weighted by Crippen LogP contribution is 2.39. The van der Waals surface area contributed by atoms with Gasteiger partial charge in [-0.15, -0.1) is 0 Å². The van der Waals surface area contributed by atoms with Gasteiger partial charge in [-0.3, -0.25) is 4.79 Å². The first-order valence-corrected chi connectivity index (χ1v) is 11.6. The average Bonchev–Trinajstić information content (AvgIpc) is 3.17. The van der Waals surface area contributed by atoms with Gasteiger partial charge in [-0.05, 0) is 78.8 Å². The molecule has 1 saturated heterocycles. The third-order valence-corrected chi connectivity index (χ3v) is 7.85. The van der Waals surface area contributed by atoms with E-state index in [1.54, 1.807) is 11.0 Å². The van der Waals surface area contributed by atoms with Gasteiger partial charge in [-0.25, -0.2) is 13.1 Å². The predicted octanol–water partition coefficient (Wildman–Crippen LogP) is 2.12. The highest BCUT2D eigenvalue weighted by Gasteiger charge is 2.37. The van der Waals surface area contributed by atoms with Crippen molar-refractivity contribution in [2.45, 2.75) is 37.0 Å². The van der Waals surface area contributed by atoms with Crippen molar-refractivity contribution in [2.75, 3.05) is 37.6 Å². The van der Waals surface area contributed by atoms with Crippen LogP contribution in [-0.4, -0.2) is 51.9 Å². The summed E-state index contributed by atoms with van der Waals surface area (Å²) in [6, 6.07) is 3.51. The molecule has 1 N–H and O–H groups in total. The number of sulfonamides is 1. The first-order valence-electron chi connectivity index (χ1n) is 9.31. The quantitative estimate of drug-likeness (QED) is 0.733. The van der Waals surface area contributed by atoms with E-state index < -0.39 is 10.0 Å². The summed E-state index contributed by atoms with van der Waals surface area (Å²) < 4.78 is 28.8. The van der Waals surface area contributed by atoms with E-state index in [1.807, 2.05) is 6.07 Å². The molecule has 4 rings (SSSR count). The van der Waals surface area contributed by atoms with Gasteiger partial charge in [0, 0.05) is 35.7 Å². The van der Waals surface area contributed by atoms with Gasteiger partial charge in [-0.2, -0.15) is 0 Å². The Labute approximate surface area is 163 Å². The van der Waals surface area contributed by atoms with E-state index >= 15 is 0 Å². The summed E-state index contributed by atoms with van der Waals surface area (Å²) in [5.41, 5.74) is 1.78. The number of fused-ring (bicyclic) bond motifs is 1. The molecular formula is C18H24BrN3O3S. The second kappa shape index (κ2) is 7.22. The number of amides is 1. The largest absolute Gasteiger partial charge is 0.312 e. The lowest BCUT2D eigenvalue weighted by Crippen LogP contribution is -2.34. The number of halogens is 1. The van der Waals surface area contributed by atoms with Crippen LogP contribution in [0.4, 0.5) is 5.69 Å². The van der Waals surface area contributed by atoms with Crippen LogP contribution in [-0.2, 0) is 21.2 Å². The Kier molecular flexibility index (Phi) is 5.11. The number of hydrogen-bond donors (Lipinski definition) is 1. The monoisotopic (exact) mass is 441 g/mol. The van der Waals surface area contributed by atoms with Crippen molar-refractivity contribution in [1.82, 2.24) is 9.62 Å². The maximum atomic E-state index is 12.8. The minimum Gasteiger partial charge on any atom is -0.312 e. The summed E-state index contributed by atoms with van der Waals surface area (Å²) in [5, 5.41) is 0. The molecule has 2 aliphatic heterocycles. The summed E-state index contributed by atoms with van der Waals surface area (Å²) in [6.45, 7) is 3.86. The molecule has 0 radical (unpaired) electrons. The minimum absolute atomic E-state index is 0.128. The number of carbonyl (C=O) groups excluding carboxylic acids is 1. The van der Waals surface area contributed by atoms with Gasteiger partial charge in [0.1, 0.15) is 0 Å². The Bertz CT molecular complexity index is 817. The minimum atomic E-state index is -3.62. The Morgan fingerprint density at radius 2 is 1.92 bits per heavy atom. The summed E-state index contributed by atoms with van der Waals surface area (Å²) in [7, 11) is -3.62.